The topological polar surface area (TPSA) is 87.7 Å². The van der Waals surface area contributed by atoms with Crippen molar-refractivity contribution in [1.29, 1.82) is 0 Å². The average Bonchev–Trinajstić information content (AvgIpc) is 3.09. The highest BCUT2D eigenvalue weighted by atomic mass is 16.5. The van der Waals surface area contributed by atoms with E-state index in [9.17, 15) is 14.4 Å². The molecule has 206 valence electrons. The summed E-state index contributed by atoms with van der Waals surface area (Å²) in [6.07, 6.45) is 3.45. The number of ether oxygens (including phenoxy) is 1. The minimum Gasteiger partial charge on any atom is -0.445 e. The zero-order valence-corrected chi connectivity index (χ0v) is 23.2. The van der Waals surface area contributed by atoms with Crippen LogP contribution < -0.4 is 15.5 Å². The number of benzene rings is 2. The van der Waals surface area contributed by atoms with Crippen LogP contribution in [-0.2, 0) is 27.4 Å². The summed E-state index contributed by atoms with van der Waals surface area (Å²) in [5, 5.41) is 5.70. The van der Waals surface area contributed by atoms with Gasteiger partial charge in [-0.1, -0.05) is 76.2 Å². The Balaban J connectivity index is 1.66. The first-order valence-electron chi connectivity index (χ1n) is 13.9. The fourth-order valence-corrected chi connectivity index (χ4v) is 4.86. The molecule has 2 amide bonds. The van der Waals surface area contributed by atoms with E-state index in [-0.39, 0.29) is 36.7 Å². The van der Waals surface area contributed by atoms with Crippen molar-refractivity contribution in [2.45, 2.75) is 78.5 Å². The summed E-state index contributed by atoms with van der Waals surface area (Å²) in [7, 11) is 0. The van der Waals surface area contributed by atoms with Gasteiger partial charge in [0.1, 0.15) is 12.6 Å². The molecule has 2 unspecified atom stereocenters. The number of nitrogens with one attached hydrogen (secondary N) is 2. The van der Waals surface area contributed by atoms with E-state index in [4.69, 9.17) is 4.74 Å². The maximum absolute atomic E-state index is 13.6. The van der Waals surface area contributed by atoms with Crippen LogP contribution in [0.4, 0.5) is 10.5 Å². The number of anilines is 1. The van der Waals surface area contributed by atoms with Crippen molar-refractivity contribution in [3.63, 3.8) is 0 Å². The Morgan fingerprint density at radius 2 is 1.50 bits per heavy atom. The molecule has 1 aliphatic rings. The Hall–Kier alpha value is -3.35. The number of rotatable bonds is 12. The number of aryl methyl sites for hydroxylation is 1. The van der Waals surface area contributed by atoms with Gasteiger partial charge in [-0.3, -0.25) is 9.59 Å². The van der Waals surface area contributed by atoms with Crippen molar-refractivity contribution >= 4 is 23.5 Å². The van der Waals surface area contributed by atoms with Crippen LogP contribution in [0.1, 0.15) is 64.5 Å². The van der Waals surface area contributed by atoms with Gasteiger partial charge in [-0.05, 0) is 61.1 Å². The van der Waals surface area contributed by atoms with Crippen molar-refractivity contribution in [3.05, 3.63) is 65.7 Å². The molecule has 2 aromatic carbocycles. The lowest BCUT2D eigenvalue weighted by atomic mass is 9.97. The molecule has 7 nitrogen and oxygen atoms in total. The van der Waals surface area contributed by atoms with Crippen LogP contribution in [0.15, 0.2) is 54.6 Å². The maximum Gasteiger partial charge on any atom is 0.408 e. The number of carbonyl (C=O) groups excluding carboxylic acids is 3. The van der Waals surface area contributed by atoms with E-state index < -0.39 is 18.2 Å². The number of carbonyl (C=O) groups is 3. The first-order valence-corrected chi connectivity index (χ1v) is 13.9. The normalized spacial score (nSPS) is 14.8. The highest BCUT2D eigenvalue weighted by molar-refractivity contribution is 5.94. The Bertz CT molecular complexity index is 1050. The molecular weight excluding hydrogens is 478 g/mol. The lowest BCUT2D eigenvalue weighted by Gasteiger charge is -2.28. The largest absolute Gasteiger partial charge is 0.445 e. The van der Waals surface area contributed by atoms with E-state index in [0.29, 0.717) is 12.8 Å². The lowest BCUT2D eigenvalue weighted by Crippen LogP contribution is -2.53. The van der Waals surface area contributed by atoms with Gasteiger partial charge < -0.3 is 20.3 Å². The second kappa shape index (κ2) is 14.6. The van der Waals surface area contributed by atoms with Crippen molar-refractivity contribution in [1.82, 2.24) is 10.6 Å². The monoisotopic (exact) mass is 521 g/mol. The number of alkyl carbamates (subject to hydrolysis) is 1. The molecule has 0 spiro atoms. The third-order valence-electron chi connectivity index (χ3n) is 6.74. The fraction of sp³-hybridized carbons (Fsp3) is 0.516. The Kier molecular flexibility index (Phi) is 11.2. The summed E-state index contributed by atoms with van der Waals surface area (Å²) in [6.45, 7) is 9.24. The molecule has 0 saturated heterocycles. The standard InChI is InChI=1S/C31H43N3O4/c1-22(2)18-26(29(35)20-34-17-11-10-15-25-14-8-9-16-28(25)34)32-30(36)27(19-23(3)4)33-31(37)38-21-24-12-6-5-7-13-24/h5-9,12-14,16,22-23,26-27H,10-11,15,17-21H2,1-4H3,(H,32,36)(H,33,37). The first-order chi connectivity index (χ1) is 18.2. The molecule has 0 radical (unpaired) electrons. The van der Waals surface area contributed by atoms with Crippen LogP contribution in [-0.4, -0.2) is 43.0 Å². The van der Waals surface area contributed by atoms with Crippen LogP contribution >= 0.6 is 0 Å². The quantitative estimate of drug-likeness (QED) is 0.397. The van der Waals surface area contributed by atoms with Gasteiger partial charge in [0.25, 0.3) is 0 Å². The Morgan fingerprint density at radius 3 is 2.21 bits per heavy atom. The Morgan fingerprint density at radius 1 is 0.842 bits per heavy atom. The molecule has 2 atom stereocenters. The fourth-order valence-electron chi connectivity index (χ4n) is 4.86. The van der Waals surface area contributed by atoms with Crippen LogP contribution in [0.3, 0.4) is 0 Å². The van der Waals surface area contributed by atoms with Crippen molar-refractivity contribution in [2.24, 2.45) is 11.8 Å². The smallest absolute Gasteiger partial charge is 0.408 e. The van der Waals surface area contributed by atoms with E-state index >= 15 is 0 Å². The number of fused-ring (bicyclic) bond motifs is 1. The summed E-state index contributed by atoms with van der Waals surface area (Å²) in [5.74, 6) is 0.00497. The molecule has 0 fully saturated rings. The minimum absolute atomic E-state index is 0.0151. The highest BCUT2D eigenvalue weighted by Crippen LogP contribution is 2.26. The van der Waals surface area contributed by atoms with Crippen molar-refractivity contribution in [2.75, 3.05) is 18.0 Å². The van der Waals surface area contributed by atoms with Gasteiger partial charge in [0.15, 0.2) is 5.78 Å². The number of ketones is 1. The number of amides is 2. The second-order valence-corrected chi connectivity index (χ2v) is 11.1. The van der Waals surface area contributed by atoms with Crippen LogP contribution in [0.5, 0.6) is 0 Å². The van der Waals surface area contributed by atoms with E-state index in [2.05, 4.69) is 27.7 Å². The number of nitrogens with zero attached hydrogens (tertiary/aromatic N) is 1. The number of Topliss-reactive ketones (excluding diaryl/α,β-unsaturated/α-hetero) is 1. The molecule has 38 heavy (non-hydrogen) atoms. The molecule has 1 heterocycles. The minimum atomic E-state index is -0.792. The predicted octanol–water partition coefficient (Wildman–Crippen LogP) is 5.27. The van der Waals surface area contributed by atoms with Gasteiger partial charge in [0.05, 0.1) is 12.6 Å². The predicted molar refractivity (Wildman–Crippen MR) is 151 cm³/mol. The van der Waals surface area contributed by atoms with Gasteiger partial charge in [-0.15, -0.1) is 0 Å². The first kappa shape index (κ1) is 29.2. The summed E-state index contributed by atoms with van der Waals surface area (Å²) in [5.41, 5.74) is 3.23. The third-order valence-corrected chi connectivity index (χ3v) is 6.74. The summed E-state index contributed by atoms with van der Waals surface area (Å²) < 4.78 is 5.35. The third kappa shape index (κ3) is 9.19. The zero-order chi connectivity index (χ0) is 27.5. The number of para-hydroxylation sites is 1. The molecule has 1 aliphatic heterocycles. The van der Waals surface area contributed by atoms with Gasteiger partial charge in [0, 0.05) is 12.2 Å². The van der Waals surface area contributed by atoms with Gasteiger partial charge in [-0.25, -0.2) is 4.79 Å². The van der Waals surface area contributed by atoms with E-state index in [1.54, 1.807) is 0 Å². The molecule has 0 aromatic heterocycles. The van der Waals surface area contributed by atoms with E-state index in [1.165, 1.54) is 5.56 Å². The lowest BCUT2D eigenvalue weighted by molar-refractivity contribution is -0.129. The highest BCUT2D eigenvalue weighted by Gasteiger charge is 2.29. The molecule has 2 aromatic rings. The summed E-state index contributed by atoms with van der Waals surface area (Å²) in [4.78, 5) is 41.6. The van der Waals surface area contributed by atoms with Crippen molar-refractivity contribution in [3.8, 4) is 0 Å². The van der Waals surface area contributed by atoms with Crippen LogP contribution in [0, 0.1) is 11.8 Å². The molecule has 0 aliphatic carbocycles. The molecule has 3 rings (SSSR count). The van der Waals surface area contributed by atoms with Crippen molar-refractivity contribution < 1.29 is 19.1 Å². The summed E-state index contributed by atoms with van der Waals surface area (Å²) >= 11 is 0. The second-order valence-electron chi connectivity index (χ2n) is 11.1. The molecule has 0 saturated carbocycles. The van der Waals surface area contributed by atoms with Gasteiger partial charge >= 0.3 is 6.09 Å². The maximum atomic E-state index is 13.6. The number of hydrogen-bond donors (Lipinski definition) is 2. The average molecular weight is 522 g/mol. The molecule has 7 heteroatoms. The number of hydrogen-bond acceptors (Lipinski definition) is 5. The zero-order valence-electron chi connectivity index (χ0n) is 23.2. The molecule has 2 N–H and O–H groups in total. The SMILES string of the molecule is CC(C)CC(NC(=O)C(CC(C)C)NC(=O)OCc1ccccc1)C(=O)CN1CCCCc2ccccc21. The van der Waals surface area contributed by atoms with E-state index in [0.717, 1.165) is 37.1 Å². The molecular formula is C31H43N3O4. The Labute approximate surface area is 227 Å². The molecule has 0 bridgehead atoms. The van der Waals surface area contributed by atoms with Crippen LogP contribution in [0.2, 0.25) is 0 Å². The summed E-state index contributed by atoms with van der Waals surface area (Å²) in [6, 6.07) is 16.2. The van der Waals surface area contributed by atoms with E-state index in [1.807, 2.05) is 70.2 Å². The van der Waals surface area contributed by atoms with Crippen LogP contribution in [0.25, 0.3) is 0 Å². The van der Waals surface area contributed by atoms with Gasteiger partial charge in [0.2, 0.25) is 5.91 Å². The van der Waals surface area contributed by atoms with Gasteiger partial charge in [-0.2, -0.15) is 0 Å².